The molecule has 33 heavy (non-hydrogen) atoms. The second kappa shape index (κ2) is 11.0. The molecule has 0 spiro atoms. The number of ether oxygens (including phenoxy) is 2. The summed E-state index contributed by atoms with van der Waals surface area (Å²) in [6.45, 7) is 5.32. The van der Waals surface area contributed by atoms with Crippen LogP contribution in [0, 0.1) is 19.8 Å². The van der Waals surface area contributed by atoms with Gasteiger partial charge in [-0.2, -0.15) is 4.31 Å². The monoisotopic (exact) mass is 477 g/mol. The predicted octanol–water partition coefficient (Wildman–Crippen LogP) is 2.36. The van der Waals surface area contributed by atoms with Crippen LogP contribution < -0.4 is 0 Å². The summed E-state index contributed by atoms with van der Waals surface area (Å²) in [6.07, 6.45) is 4.36. The molecule has 10 heteroatoms. The summed E-state index contributed by atoms with van der Waals surface area (Å²) >= 11 is 0. The summed E-state index contributed by atoms with van der Waals surface area (Å²) in [5, 5.41) is 0. The maximum atomic E-state index is 12.7. The summed E-state index contributed by atoms with van der Waals surface area (Å²) in [4.78, 5) is 29.2. The zero-order valence-corrected chi connectivity index (χ0v) is 20.1. The molecule has 3 rings (SSSR count). The van der Waals surface area contributed by atoms with Gasteiger partial charge in [0.05, 0.1) is 5.92 Å². The van der Waals surface area contributed by atoms with Gasteiger partial charge in [0.25, 0.3) is 0 Å². The second-order valence-electron chi connectivity index (χ2n) is 8.18. The number of rotatable bonds is 10. The smallest absolute Gasteiger partial charge is 0.309 e. The third kappa shape index (κ3) is 5.87. The minimum absolute atomic E-state index is 0.136. The van der Waals surface area contributed by atoms with Gasteiger partial charge in [0, 0.05) is 62.7 Å². The number of esters is 1. The van der Waals surface area contributed by atoms with E-state index in [2.05, 4.69) is 9.55 Å². The SMILES string of the molecule is COCCCn1c(C)cc(C(=O)COC(=O)C2CCN(S(=O)(=O)c3cccnc3)CC2)c1C. The molecular formula is C23H31N3O6S. The Labute approximate surface area is 194 Å². The molecule has 0 bridgehead atoms. The van der Waals surface area contributed by atoms with Crippen molar-refractivity contribution in [2.75, 3.05) is 33.4 Å². The Morgan fingerprint density at radius 1 is 1.21 bits per heavy atom. The third-order valence-corrected chi connectivity index (χ3v) is 7.89. The second-order valence-corrected chi connectivity index (χ2v) is 10.1. The van der Waals surface area contributed by atoms with Crippen molar-refractivity contribution in [2.24, 2.45) is 5.92 Å². The molecule has 0 saturated carbocycles. The normalized spacial score (nSPS) is 15.5. The average molecular weight is 478 g/mol. The highest BCUT2D eigenvalue weighted by Crippen LogP contribution is 2.24. The number of hydrogen-bond donors (Lipinski definition) is 0. The number of carbonyl (C=O) groups excluding carboxylic acids is 2. The Bertz CT molecular complexity index is 1070. The summed E-state index contributed by atoms with van der Waals surface area (Å²) < 4.78 is 39.2. The maximum absolute atomic E-state index is 12.7. The van der Waals surface area contributed by atoms with E-state index in [1.165, 1.54) is 22.8 Å². The Hall–Kier alpha value is -2.56. The van der Waals surface area contributed by atoms with Gasteiger partial charge in [-0.15, -0.1) is 0 Å². The number of methoxy groups -OCH3 is 1. The molecule has 0 N–H and O–H groups in total. The first-order valence-corrected chi connectivity index (χ1v) is 12.5. The van der Waals surface area contributed by atoms with Gasteiger partial charge < -0.3 is 14.0 Å². The zero-order valence-electron chi connectivity index (χ0n) is 19.3. The van der Waals surface area contributed by atoms with Crippen LogP contribution in [-0.4, -0.2) is 67.4 Å². The molecule has 1 saturated heterocycles. The molecular weight excluding hydrogens is 446 g/mol. The molecule has 2 aromatic heterocycles. The van der Waals surface area contributed by atoms with Crippen LogP contribution in [0.2, 0.25) is 0 Å². The molecule has 0 aliphatic carbocycles. The molecule has 0 radical (unpaired) electrons. The van der Waals surface area contributed by atoms with Crippen molar-refractivity contribution in [1.82, 2.24) is 13.9 Å². The fourth-order valence-electron chi connectivity index (χ4n) is 4.11. The molecule has 1 fully saturated rings. The largest absolute Gasteiger partial charge is 0.457 e. The molecule has 1 aliphatic rings. The summed E-state index contributed by atoms with van der Waals surface area (Å²) in [6, 6.07) is 4.90. The lowest BCUT2D eigenvalue weighted by Gasteiger charge is -2.29. The van der Waals surface area contributed by atoms with Crippen LogP contribution in [0.1, 0.15) is 41.0 Å². The van der Waals surface area contributed by atoms with Gasteiger partial charge in [-0.25, -0.2) is 8.42 Å². The number of nitrogens with zero attached hydrogens (tertiary/aromatic N) is 3. The van der Waals surface area contributed by atoms with Crippen LogP contribution in [0.3, 0.4) is 0 Å². The van der Waals surface area contributed by atoms with E-state index in [1.54, 1.807) is 13.2 Å². The lowest BCUT2D eigenvalue weighted by Crippen LogP contribution is -2.40. The predicted molar refractivity (Wildman–Crippen MR) is 121 cm³/mol. The van der Waals surface area contributed by atoms with Gasteiger partial charge in [-0.3, -0.25) is 14.6 Å². The Balaban J connectivity index is 1.52. The molecule has 1 aliphatic heterocycles. The Morgan fingerprint density at radius 2 is 1.94 bits per heavy atom. The van der Waals surface area contributed by atoms with E-state index >= 15 is 0 Å². The molecule has 9 nitrogen and oxygen atoms in total. The topological polar surface area (TPSA) is 108 Å². The van der Waals surface area contributed by atoms with Crippen molar-refractivity contribution >= 4 is 21.8 Å². The van der Waals surface area contributed by atoms with Crippen LogP contribution >= 0.6 is 0 Å². The highest BCUT2D eigenvalue weighted by Gasteiger charge is 2.33. The van der Waals surface area contributed by atoms with E-state index in [0.29, 0.717) is 25.0 Å². The van der Waals surface area contributed by atoms with Crippen molar-refractivity contribution in [1.29, 1.82) is 0 Å². The van der Waals surface area contributed by atoms with Crippen LogP contribution in [0.25, 0.3) is 0 Å². The first-order valence-electron chi connectivity index (χ1n) is 11.0. The van der Waals surface area contributed by atoms with Crippen LogP contribution in [0.15, 0.2) is 35.5 Å². The van der Waals surface area contributed by atoms with Crippen molar-refractivity contribution in [3.8, 4) is 0 Å². The van der Waals surface area contributed by atoms with Gasteiger partial charge in [0.2, 0.25) is 15.8 Å². The molecule has 2 aromatic rings. The lowest BCUT2D eigenvalue weighted by molar-refractivity contribution is -0.148. The third-order valence-electron chi connectivity index (χ3n) is 6.01. The van der Waals surface area contributed by atoms with Crippen molar-refractivity contribution in [3.63, 3.8) is 0 Å². The lowest BCUT2D eigenvalue weighted by atomic mass is 9.98. The van der Waals surface area contributed by atoms with Gasteiger partial charge in [0.15, 0.2) is 6.61 Å². The number of Topliss-reactive ketones (excluding diaryl/α,β-unsaturated/α-hetero) is 1. The number of carbonyl (C=O) groups is 2. The molecule has 0 atom stereocenters. The van der Waals surface area contributed by atoms with Gasteiger partial charge >= 0.3 is 5.97 Å². The van der Waals surface area contributed by atoms with E-state index < -0.39 is 21.9 Å². The number of pyridine rings is 1. The maximum Gasteiger partial charge on any atom is 0.309 e. The number of ketones is 1. The van der Waals surface area contributed by atoms with E-state index in [4.69, 9.17) is 9.47 Å². The van der Waals surface area contributed by atoms with Crippen LogP contribution in [-0.2, 0) is 30.8 Å². The van der Waals surface area contributed by atoms with Crippen LogP contribution in [0.5, 0.6) is 0 Å². The van der Waals surface area contributed by atoms with Crippen molar-refractivity contribution < 1.29 is 27.5 Å². The number of hydrogen-bond acceptors (Lipinski definition) is 7. The number of sulfonamides is 1. The quantitative estimate of drug-likeness (QED) is 0.294. The molecule has 0 amide bonds. The Morgan fingerprint density at radius 3 is 2.58 bits per heavy atom. The molecule has 3 heterocycles. The van der Waals surface area contributed by atoms with Crippen molar-refractivity contribution in [2.45, 2.75) is 44.6 Å². The summed E-state index contributed by atoms with van der Waals surface area (Å²) in [5.41, 5.74) is 2.37. The minimum Gasteiger partial charge on any atom is -0.457 e. The average Bonchev–Trinajstić information content (AvgIpc) is 3.11. The van der Waals surface area contributed by atoms with Crippen LogP contribution in [0.4, 0.5) is 0 Å². The molecule has 0 aromatic carbocycles. The number of aromatic nitrogens is 2. The van der Waals surface area contributed by atoms with E-state index in [-0.39, 0.29) is 30.4 Å². The zero-order chi connectivity index (χ0) is 24.0. The van der Waals surface area contributed by atoms with E-state index in [9.17, 15) is 18.0 Å². The fourth-order valence-corrected chi connectivity index (χ4v) is 5.54. The summed E-state index contributed by atoms with van der Waals surface area (Å²) in [7, 11) is -1.98. The first kappa shape index (κ1) is 25.1. The number of piperidine rings is 1. The first-order chi connectivity index (χ1) is 15.8. The van der Waals surface area contributed by atoms with Gasteiger partial charge in [-0.1, -0.05) is 0 Å². The minimum atomic E-state index is -3.63. The van der Waals surface area contributed by atoms with E-state index in [0.717, 1.165) is 24.4 Å². The van der Waals surface area contributed by atoms with E-state index in [1.807, 2.05) is 19.9 Å². The molecule has 0 unspecified atom stereocenters. The Kier molecular flexibility index (Phi) is 8.39. The van der Waals surface area contributed by atoms with Gasteiger partial charge in [0.1, 0.15) is 4.90 Å². The van der Waals surface area contributed by atoms with Crippen molar-refractivity contribution in [3.05, 3.63) is 47.5 Å². The highest BCUT2D eigenvalue weighted by atomic mass is 32.2. The summed E-state index contributed by atoms with van der Waals surface area (Å²) in [5.74, 6) is -1.14. The number of aryl methyl sites for hydroxylation is 1. The molecule has 180 valence electrons. The van der Waals surface area contributed by atoms with Gasteiger partial charge in [-0.05, 0) is 51.3 Å². The fraction of sp³-hybridized carbons (Fsp3) is 0.522. The standard InChI is InChI=1S/C23H31N3O6S/c1-17-14-21(18(2)26(17)10-5-13-31-3)22(27)16-32-23(28)19-7-11-25(12-8-19)33(29,30)20-6-4-9-24-15-20/h4,6,9,14-15,19H,5,7-8,10-13,16H2,1-3H3. The highest BCUT2D eigenvalue weighted by molar-refractivity contribution is 7.89.